The van der Waals surface area contributed by atoms with Crippen molar-refractivity contribution in [2.75, 3.05) is 39.9 Å². The van der Waals surface area contributed by atoms with E-state index < -0.39 is 35.1 Å². The van der Waals surface area contributed by atoms with Gasteiger partial charge < -0.3 is 24.4 Å². The zero-order valence-electron chi connectivity index (χ0n) is 24.4. The lowest BCUT2D eigenvalue weighted by atomic mass is 9.94. The minimum atomic E-state index is -0.706. The molecule has 1 aliphatic rings. The third-order valence-corrected chi connectivity index (χ3v) is 7.32. The van der Waals surface area contributed by atoms with Crippen molar-refractivity contribution in [3.63, 3.8) is 0 Å². The summed E-state index contributed by atoms with van der Waals surface area (Å²) in [5, 5.41) is 11.0. The van der Waals surface area contributed by atoms with Gasteiger partial charge >= 0.3 is 6.09 Å². The normalized spacial score (nSPS) is 15.7. The molecule has 2 heterocycles. The van der Waals surface area contributed by atoms with Gasteiger partial charge in [0.25, 0.3) is 0 Å². The van der Waals surface area contributed by atoms with Crippen LogP contribution >= 0.6 is 0 Å². The van der Waals surface area contributed by atoms with E-state index in [0.29, 0.717) is 49.4 Å². The second-order valence-corrected chi connectivity index (χ2v) is 11.5. The van der Waals surface area contributed by atoms with Crippen molar-refractivity contribution in [1.82, 2.24) is 14.8 Å². The molecule has 0 bridgehead atoms. The van der Waals surface area contributed by atoms with E-state index in [1.165, 1.54) is 19.3 Å². The molecular weight excluding hydrogens is 547 g/mol. The van der Waals surface area contributed by atoms with Crippen molar-refractivity contribution in [1.29, 1.82) is 0 Å². The van der Waals surface area contributed by atoms with Crippen molar-refractivity contribution in [3.05, 3.63) is 77.1 Å². The summed E-state index contributed by atoms with van der Waals surface area (Å²) in [6.45, 7) is 6.87. The molecule has 1 atom stereocenters. The fourth-order valence-electron chi connectivity index (χ4n) is 5.26. The van der Waals surface area contributed by atoms with E-state index in [9.17, 15) is 18.7 Å². The lowest BCUT2D eigenvalue weighted by molar-refractivity contribution is 0.0108. The molecule has 1 fully saturated rings. The van der Waals surface area contributed by atoms with Crippen LogP contribution < -0.4 is 4.74 Å². The van der Waals surface area contributed by atoms with Crippen molar-refractivity contribution in [3.8, 4) is 5.88 Å². The second-order valence-electron chi connectivity index (χ2n) is 11.5. The lowest BCUT2D eigenvalue weighted by Crippen LogP contribution is -2.49. The van der Waals surface area contributed by atoms with Gasteiger partial charge in [-0.2, -0.15) is 0 Å². The van der Waals surface area contributed by atoms with Crippen LogP contribution in [0.3, 0.4) is 0 Å². The van der Waals surface area contributed by atoms with Gasteiger partial charge in [-0.15, -0.1) is 0 Å². The standard InChI is InChI=1S/C32H38F3N3O4/c1-32(2,3)42-31(40)38(15-5-6-22-18-24(33)9-11-26(22)34)25-13-16-37(17-14-25)19-23(20-39)29-27(35)10-7-21-8-12-28(41-4)36-30(21)29/h5-12,18,23,25,39H,13-17,19-20H2,1-4H3/b6-5+. The van der Waals surface area contributed by atoms with Crippen LogP contribution in [0.5, 0.6) is 5.88 Å². The largest absolute Gasteiger partial charge is 0.481 e. The number of halogens is 3. The van der Waals surface area contributed by atoms with Crippen LogP contribution in [0.1, 0.15) is 50.7 Å². The van der Waals surface area contributed by atoms with E-state index >= 15 is 4.39 Å². The SMILES string of the molecule is COc1ccc2ccc(F)c(C(CO)CN3CCC(N(C/C=C/c4cc(F)ccc4F)C(=O)OC(C)(C)C)CC3)c2n1. The molecule has 4 rings (SSSR count). The first-order chi connectivity index (χ1) is 20.0. The predicted octanol–water partition coefficient (Wildman–Crippen LogP) is 6.15. The smallest absolute Gasteiger partial charge is 0.410 e. The Morgan fingerprint density at radius 2 is 1.81 bits per heavy atom. The van der Waals surface area contributed by atoms with Crippen LogP contribution in [0.2, 0.25) is 0 Å². The molecule has 0 aliphatic carbocycles. The number of aliphatic hydroxyl groups is 1. The first-order valence-electron chi connectivity index (χ1n) is 14.1. The minimum Gasteiger partial charge on any atom is -0.481 e. The Balaban J connectivity index is 1.47. The molecule has 1 saturated heterocycles. The number of carbonyl (C=O) groups is 1. The number of fused-ring (bicyclic) bond motifs is 1. The molecule has 7 nitrogen and oxygen atoms in total. The summed E-state index contributed by atoms with van der Waals surface area (Å²) in [6.07, 6.45) is 3.82. The maximum absolute atomic E-state index is 15.1. The van der Waals surface area contributed by atoms with Crippen LogP contribution in [0.15, 0.2) is 48.5 Å². The lowest BCUT2D eigenvalue weighted by Gasteiger charge is -2.39. The van der Waals surface area contributed by atoms with Gasteiger partial charge in [0, 0.05) is 60.7 Å². The number of aliphatic hydroxyl groups excluding tert-OH is 1. The number of piperidine rings is 1. The van der Waals surface area contributed by atoms with Gasteiger partial charge in [0.15, 0.2) is 0 Å². The Hall–Kier alpha value is -3.63. The molecule has 0 spiro atoms. The van der Waals surface area contributed by atoms with E-state index in [2.05, 4.69) is 9.88 Å². The third kappa shape index (κ3) is 7.80. The average molecular weight is 586 g/mol. The number of ether oxygens (including phenoxy) is 2. The molecule has 0 radical (unpaired) electrons. The van der Waals surface area contributed by atoms with Gasteiger partial charge in [-0.3, -0.25) is 0 Å². The molecule has 226 valence electrons. The van der Waals surface area contributed by atoms with Crippen molar-refractivity contribution >= 4 is 23.1 Å². The van der Waals surface area contributed by atoms with Gasteiger partial charge in [0.2, 0.25) is 5.88 Å². The number of pyridine rings is 1. The zero-order chi connectivity index (χ0) is 30.4. The number of likely N-dealkylation sites (tertiary alicyclic amines) is 1. The third-order valence-electron chi connectivity index (χ3n) is 7.32. The molecule has 1 N–H and O–H groups in total. The van der Waals surface area contributed by atoms with Crippen molar-refractivity contribution in [2.45, 2.75) is 51.2 Å². The maximum atomic E-state index is 15.1. The molecule has 1 aliphatic heterocycles. The Morgan fingerprint density at radius 1 is 1.12 bits per heavy atom. The molecule has 3 aromatic rings. The molecule has 1 amide bonds. The van der Waals surface area contributed by atoms with E-state index in [4.69, 9.17) is 9.47 Å². The van der Waals surface area contributed by atoms with Crippen molar-refractivity contribution in [2.24, 2.45) is 0 Å². The second kappa shape index (κ2) is 13.6. The first kappa shape index (κ1) is 31.3. The summed E-state index contributed by atoms with van der Waals surface area (Å²) in [4.78, 5) is 21.4. The number of amides is 1. The van der Waals surface area contributed by atoms with Gasteiger partial charge in [-0.1, -0.05) is 12.2 Å². The monoisotopic (exact) mass is 585 g/mol. The predicted molar refractivity (Wildman–Crippen MR) is 156 cm³/mol. The topological polar surface area (TPSA) is 75.1 Å². The molecule has 0 saturated carbocycles. The van der Waals surface area contributed by atoms with Crippen LogP contribution in [-0.4, -0.2) is 77.5 Å². The van der Waals surface area contributed by atoms with E-state index in [1.54, 1.807) is 43.9 Å². The Morgan fingerprint density at radius 3 is 2.48 bits per heavy atom. The van der Waals surface area contributed by atoms with Crippen LogP contribution in [-0.2, 0) is 4.74 Å². The number of hydrogen-bond acceptors (Lipinski definition) is 6. The van der Waals surface area contributed by atoms with E-state index in [-0.39, 0.29) is 24.8 Å². The summed E-state index contributed by atoms with van der Waals surface area (Å²) < 4.78 is 53.7. The molecular formula is C32H38F3N3O4. The number of aromatic nitrogens is 1. The van der Waals surface area contributed by atoms with E-state index in [0.717, 1.165) is 23.6 Å². The quantitative estimate of drug-likeness (QED) is 0.325. The fourth-order valence-corrected chi connectivity index (χ4v) is 5.26. The number of carbonyl (C=O) groups excluding carboxylic acids is 1. The number of benzene rings is 2. The Bertz CT molecular complexity index is 1420. The van der Waals surface area contributed by atoms with Gasteiger partial charge in [-0.25, -0.2) is 22.9 Å². The molecule has 10 heteroatoms. The number of rotatable bonds is 9. The molecule has 1 unspecified atom stereocenters. The number of methoxy groups -OCH3 is 1. The first-order valence-corrected chi connectivity index (χ1v) is 14.1. The molecule has 42 heavy (non-hydrogen) atoms. The summed E-state index contributed by atoms with van der Waals surface area (Å²) >= 11 is 0. The summed E-state index contributed by atoms with van der Waals surface area (Å²) in [5.74, 6) is -1.69. The van der Waals surface area contributed by atoms with Gasteiger partial charge in [-0.05, 0) is 70.0 Å². The number of nitrogens with zero attached hydrogens (tertiary/aromatic N) is 3. The van der Waals surface area contributed by atoms with Gasteiger partial charge in [0.05, 0.1) is 19.2 Å². The highest BCUT2D eigenvalue weighted by Crippen LogP contribution is 2.31. The van der Waals surface area contributed by atoms with E-state index in [1.807, 2.05) is 6.07 Å². The highest BCUT2D eigenvalue weighted by molar-refractivity contribution is 5.83. The molecule has 1 aromatic heterocycles. The van der Waals surface area contributed by atoms with Crippen LogP contribution in [0, 0.1) is 17.5 Å². The number of hydrogen-bond donors (Lipinski definition) is 1. The maximum Gasteiger partial charge on any atom is 0.410 e. The summed E-state index contributed by atoms with van der Waals surface area (Å²) in [7, 11) is 1.50. The van der Waals surface area contributed by atoms with Crippen LogP contribution in [0.4, 0.5) is 18.0 Å². The highest BCUT2D eigenvalue weighted by atomic mass is 19.1. The minimum absolute atomic E-state index is 0.0942. The van der Waals surface area contributed by atoms with Crippen molar-refractivity contribution < 1.29 is 32.5 Å². The van der Waals surface area contributed by atoms with Crippen LogP contribution in [0.25, 0.3) is 17.0 Å². The zero-order valence-corrected chi connectivity index (χ0v) is 24.4. The summed E-state index contributed by atoms with van der Waals surface area (Å²) in [5.41, 5.74) is 0.195. The fraction of sp³-hybridized carbons (Fsp3) is 0.438. The Kier molecular flexibility index (Phi) is 10.1. The van der Waals surface area contributed by atoms with Gasteiger partial charge in [0.1, 0.15) is 23.1 Å². The summed E-state index contributed by atoms with van der Waals surface area (Å²) in [6, 6.07) is 9.63. The Labute approximate surface area is 244 Å². The highest BCUT2D eigenvalue weighted by Gasteiger charge is 2.32. The average Bonchev–Trinajstić information content (AvgIpc) is 2.95. The molecule has 2 aromatic carbocycles.